The number of amides is 2. The minimum atomic E-state index is -0.541. The van der Waals surface area contributed by atoms with Crippen LogP contribution in [0.25, 0.3) is 6.08 Å². The molecule has 0 aliphatic carbocycles. The SMILES string of the molecule is C=CCN1C(=O)/C(=C\c2ccc(OC)c(C)c2OC)C(=O)NC1=S. The first-order chi connectivity index (χ1) is 11.4. The third-order valence-corrected chi connectivity index (χ3v) is 3.93. The molecular formula is C17H18N2O4S. The quantitative estimate of drug-likeness (QED) is 0.381. The van der Waals surface area contributed by atoms with E-state index in [1.54, 1.807) is 19.2 Å². The molecule has 1 aliphatic rings. The minimum absolute atomic E-state index is 0.0201. The molecule has 126 valence electrons. The van der Waals surface area contributed by atoms with E-state index in [0.29, 0.717) is 17.1 Å². The highest BCUT2D eigenvalue weighted by molar-refractivity contribution is 7.80. The van der Waals surface area contributed by atoms with Gasteiger partial charge in [0.1, 0.15) is 17.1 Å². The topological polar surface area (TPSA) is 67.9 Å². The van der Waals surface area contributed by atoms with Gasteiger partial charge in [0.05, 0.1) is 14.2 Å². The van der Waals surface area contributed by atoms with Crippen LogP contribution < -0.4 is 14.8 Å². The number of nitrogens with zero attached hydrogens (tertiary/aromatic N) is 1. The van der Waals surface area contributed by atoms with Crippen molar-refractivity contribution in [2.45, 2.75) is 6.92 Å². The van der Waals surface area contributed by atoms with Crippen LogP contribution in [0.4, 0.5) is 0 Å². The van der Waals surface area contributed by atoms with Crippen LogP contribution in [0.3, 0.4) is 0 Å². The molecule has 24 heavy (non-hydrogen) atoms. The van der Waals surface area contributed by atoms with Crippen LogP contribution in [0.5, 0.6) is 11.5 Å². The molecule has 2 rings (SSSR count). The number of nitrogens with one attached hydrogen (secondary N) is 1. The fourth-order valence-corrected chi connectivity index (χ4v) is 2.69. The molecule has 1 fully saturated rings. The number of carbonyl (C=O) groups is 2. The predicted octanol–water partition coefficient (Wildman–Crippen LogP) is 1.82. The maximum atomic E-state index is 12.5. The standard InChI is InChI=1S/C17H18N2O4S/c1-5-8-19-16(21)12(15(20)18-17(19)24)9-11-6-7-13(22-3)10(2)14(11)23-4/h5-7,9H,1,8H2,2-4H3,(H,18,20,24)/b12-9-. The van der Waals surface area contributed by atoms with E-state index in [1.807, 2.05) is 6.92 Å². The maximum absolute atomic E-state index is 12.5. The van der Waals surface area contributed by atoms with Gasteiger partial charge in [0.15, 0.2) is 5.11 Å². The second-order valence-electron chi connectivity index (χ2n) is 5.04. The highest BCUT2D eigenvalue weighted by Crippen LogP contribution is 2.33. The number of benzene rings is 1. The number of hydrogen-bond donors (Lipinski definition) is 1. The molecule has 0 atom stereocenters. The molecule has 1 aliphatic heterocycles. The van der Waals surface area contributed by atoms with Gasteiger partial charge in [0.2, 0.25) is 0 Å². The molecule has 1 aromatic rings. The van der Waals surface area contributed by atoms with Crippen LogP contribution in [-0.2, 0) is 9.59 Å². The van der Waals surface area contributed by atoms with Crippen LogP contribution in [0.15, 0.2) is 30.4 Å². The Morgan fingerprint density at radius 2 is 2.00 bits per heavy atom. The largest absolute Gasteiger partial charge is 0.496 e. The Morgan fingerprint density at radius 3 is 2.58 bits per heavy atom. The number of hydrogen-bond acceptors (Lipinski definition) is 5. The van der Waals surface area contributed by atoms with Crippen molar-refractivity contribution in [2.24, 2.45) is 0 Å². The zero-order valence-electron chi connectivity index (χ0n) is 13.7. The molecule has 1 heterocycles. The minimum Gasteiger partial charge on any atom is -0.496 e. The zero-order valence-corrected chi connectivity index (χ0v) is 14.5. The van der Waals surface area contributed by atoms with E-state index in [0.717, 1.165) is 5.56 Å². The lowest BCUT2D eigenvalue weighted by Gasteiger charge is -2.28. The Morgan fingerprint density at radius 1 is 1.29 bits per heavy atom. The monoisotopic (exact) mass is 346 g/mol. The summed E-state index contributed by atoms with van der Waals surface area (Å²) in [5, 5.41) is 2.57. The number of ether oxygens (including phenoxy) is 2. The van der Waals surface area contributed by atoms with Gasteiger partial charge in [-0.1, -0.05) is 6.08 Å². The van der Waals surface area contributed by atoms with Crippen molar-refractivity contribution in [3.63, 3.8) is 0 Å². The van der Waals surface area contributed by atoms with Crippen molar-refractivity contribution >= 4 is 35.2 Å². The van der Waals surface area contributed by atoms with Crippen molar-refractivity contribution in [3.05, 3.63) is 41.5 Å². The van der Waals surface area contributed by atoms with Gasteiger partial charge in [0, 0.05) is 17.7 Å². The summed E-state index contributed by atoms with van der Waals surface area (Å²) in [6, 6.07) is 3.48. The molecule has 0 radical (unpaired) electrons. The fourth-order valence-electron chi connectivity index (χ4n) is 2.44. The van der Waals surface area contributed by atoms with Gasteiger partial charge in [-0.25, -0.2) is 0 Å². The number of carbonyl (C=O) groups excluding carboxylic acids is 2. The normalized spacial score (nSPS) is 16.2. The first-order valence-electron chi connectivity index (χ1n) is 7.16. The summed E-state index contributed by atoms with van der Waals surface area (Å²) >= 11 is 5.02. The van der Waals surface area contributed by atoms with Crippen LogP contribution in [0.2, 0.25) is 0 Å². The summed E-state index contributed by atoms with van der Waals surface area (Å²) in [5.74, 6) is 0.175. The third-order valence-electron chi connectivity index (χ3n) is 3.61. The zero-order chi connectivity index (χ0) is 17.9. The van der Waals surface area contributed by atoms with Crippen molar-refractivity contribution in [1.82, 2.24) is 10.2 Å². The molecule has 2 amide bonds. The summed E-state index contributed by atoms with van der Waals surface area (Å²) < 4.78 is 10.7. The smallest absolute Gasteiger partial charge is 0.265 e. The summed E-state index contributed by atoms with van der Waals surface area (Å²) in [4.78, 5) is 26.0. The summed E-state index contributed by atoms with van der Waals surface area (Å²) in [6.07, 6.45) is 3.03. The molecule has 0 unspecified atom stereocenters. The number of rotatable bonds is 5. The van der Waals surface area contributed by atoms with E-state index in [2.05, 4.69) is 11.9 Å². The summed E-state index contributed by atoms with van der Waals surface area (Å²) in [7, 11) is 3.08. The van der Waals surface area contributed by atoms with E-state index < -0.39 is 11.8 Å². The Balaban J connectivity index is 2.51. The number of thiocarbonyl (C=S) groups is 1. The molecule has 0 aromatic heterocycles. The van der Waals surface area contributed by atoms with E-state index in [9.17, 15) is 9.59 Å². The van der Waals surface area contributed by atoms with Gasteiger partial charge >= 0.3 is 0 Å². The lowest BCUT2D eigenvalue weighted by Crippen LogP contribution is -2.53. The van der Waals surface area contributed by atoms with Crippen molar-refractivity contribution < 1.29 is 19.1 Å². The second-order valence-corrected chi connectivity index (χ2v) is 5.42. The van der Waals surface area contributed by atoms with Gasteiger partial charge in [-0.15, -0.1) is 6.58 Å². The highest BCUT2D eigenvalue weighted by atomic mass is 32.1. The molecule has 0 saturated carbocycles. The van der Waals surface area contributed by atoms with E-state index in [1.165, 1.54) is 24.2 Å². The van der Waals surface area contributed by atoms with Gasteiger partial charge < -0.3 is 9.47 Å². The van der Waals surface area contributed by atoms with Gasteiger partial charge in [-0.2, -0.15) is 0 Å². The first kappa shape index (κ1) is 17.7. The number of methoxy groups -OCH3 is 2. The Bertz CT molecular complexity index is 755. The Labute approximate surface area is 145 Å². The third kappa shape index (κ3) is 3.16. The highest BCUT2D eigenvalue weighted by Gasteiger charge is 2.32. The molecule has 6 nitrogen and oxygen atoms in total. The average molecular weight is 346 g/mol. The maximum Gasteiger partial charge on any atom is 0.265 e. The molecule has 1 aromatic carbocycles. The summed E-state index contributed by atoms with van der Waals surface area (Å²) in [5.41, 5.74) is 1.35. The fraction of sp³-hybridized carbons (Fsp3) is 0.235. The van der Waals surface area contributed by atoms with E-state index >= 15 is 0 Å². The van der Waals surface area contributed by atoms with Crippen LogP contribution >= 0.6 is 12.2 Å². The van der Waals surface area contributed by atoms with Gasteiger partial charge in [0.25, 0.3) is 11.8 Å². The van der Waals surface area contributed by atoms with Crippen molar-refractivity contribution in [3.8, 4) is 11.5 Å². The second kappa shape index (κ2) is 7.27. The van der Waals surface area contributed by atoms with Crippen LogP contribution in [0.1, 0.15) is 11.1 Å². The molecule has 0 bridgehead atoms. The Kier molecular flexibility index (Phi) is 5.35. The van der Waals surface area contributed by atoms with E-state index in [-0.39, 0.29) is 17.2 Å². The Hall–Kier alpha value is -2.67. The lowest BCUT2D eigenvalue weighted by atomic mass is 10.0. The van der Waals surface area contributed by atoms with Gasteiger partial charge in [-0.05, 0) is 37.4 Å². The van der Waals surface area contributed by atoms with Crippen LogP contribution in [-0.4, -0.2) is 42.6 Å². The van der Waals surface area contributed by atoms with E-state index in [4.69, 9.17) is 21.7 Å². The first-order valence-corrected chi connectivity index (χ1v) is 7.56. The predicted molar refractivity (Wildman–Crippen MR) is 94.9 cm³/mol. The van der Waals surface area contributed by atoms with Crippen molar-refractivity contribution in [2.75, 3.05) is 20.8 Å². The lowest BCUT2D eigenvalue weighted by molar-refractivity contribution is -0.128. The molecule has 7 heteroatoms. The molecule has 0 spiro atoms. The van der Waals surface area contributed by atoms with Crippen LogP contribution in [0, 0.1) is 6.92 Å². The van der Waals surface area contributed by atoms with Crippen molar-refractivity contribution in [1.29, 1.82) is 0 Å². The summed E-state index contributed by atoms with van der Waals surface area (Å²) in [6.45, 7) is 5.64. The molecule has 1 saturated heterocycles. The molecule has 1 N–H and O–H groups in total. The molecular weight excluding hydrogens is 328 g/mol. The van der Waals surface area contributed by atoms with Gasteiger partial charge in [-0.3, -0.25) is 19.8 Å². The average Bonchev–Trinajstić information content (AvgIpc) is 2.55.